The number of amides is 5. The molecule has 0 radical (unpaired) electrons. The molecule has 1 aromatic rings. The van der Waals surface area contributed by atoms with E-state index in [1.165, 1.54) is 32.7 Å². The van der Waals surface area contributed by atoms with Crippen LogP contribution in [0.4, 0.5) is 0 Å². The lowest BCUT2D eigenvalue weighted by Crippen LogP contribution is -2.62. The Labute approximate surface area is 257 Å². The van der Waals surface area contributed by atoms with Gasteiger partial charge in [-0.3, -0.25) is 34.0 Å². The maximum absolute atomic E-state index is 13.7. The molecule has 5 amide bonds. The van der Waals surface area contributed by atoms with Gasteiger partial charge in [-0.1, -0.05) is 30.3 Å². The van der Waals surface area contributed by atoms with Gasteiger partial charge in [0, 0.05) is 33.5 Å². The Bertz CT molecular complexity index is 1200. The Morgan fingerprint density at radius 3 is 1.84 bits per heavy atom. The summed E-state index contributed by atoms with van der Waals surface area (Å²) in [5.74, 6) is -3.24. The van der Waals surface area contributed by atoms with E-state index >= 15 is 0 Å². The van der Waals surface area contributed by atoms with Crippen molar-refractivity contribution in [1.82, 2.24) is 20.9 Å². The van der Waals surface area contributed by atoms with E-state index in [9.17, 15) is 24.0 Å². The summed E-state index contributed by atoms with van der Waals surface area (Å²) in [5, 5.41) is 7.89. The van der Waals surface area contributed by atoms with Crippen molar-refractivity contribution in [1.29, 1.82) is 0 Å². The van der Waals surface area contributed by atoms with Gasteiger partial charge in [0.05, 0.1) is 0 Å². The average molecular weight is 618 g/mol. The van der Waals surface area contributed by atoms with Gasteiger partial charge in [0.15, 0.2) is 11.9 Å². The summed E-state index contributed by atoms with van der Waals surface area (Å²) in [6.07, 6.45) is 1.18. The van der Waals surface area contributed by atoms with Gasteiger partial charge in [0.1, 0.15) is 23.7 Å². The molecule has 0 saturated heterocycles. The highest BCUT2D eigenvalue weighted by Gasteiger charge is 2.37. The topological polar surface area (TPSA) is 280 Å². The molecule has 0 bridgehead atoms. The van der Waals surface area contributed by atoms with Gasteiger partial charge in [-0.15, -0.1) is 0 Å². The number of benzene rings is 1. The van der Waals surface area contributed by atoms with Crippen molar-refractivity contribution in [3.8, 4) is 0 Å². The van der Waals surface area contributed by atoms with Gasteiger partial charge < -0.3 is 49.5 Å². The predicted octanol–water partition coefficient (Wildman–Crippen LogP) is -2.47. The number of hydrogen-bond donors (Lipinski definition) is 8. The van der Waals surface area contributed by atoms with E-state index in [1.807, 2.05) is 18.2 Å². The van der Waals surface area contributed by atoms with Crippen molar-refractivity contribution in [2.45, 2.75) is 76.5 Å². The molecular formula is C28H47N11O5. The van der Waals surface area contributed by atoms with E-state index < -0.39 is 53.2 Å². The largest absolute Gasteiger partial charge is 0.370 e. The molecule has 1 rings (SSSR count). The molecule has 0 aliphatic heterocycles. The number of guanidine groups is 2. The zero-order valence-electron chi connectivity index (χ0n) is 25.8. The summed E-state index contributed by atoms with van der Waals surface area (Å²) in [4.78, 5) is 73.3. The summed E-state index contributed by atoms with van der Waals surface area (Å²) in [6, 6.07) is 5.98. The highest BCUT2D eigenvalue weighted by atomic mass is 16.2. The Morgan fingerprint density at radius 1 is 0.841 bits per heavy atom. The molecule has 0 spiro atoms. The van der Waals surface area contributed by atoms with Gasteiger partial charge >= 0.3 is 0 Å². The summed E-state index contributed by atoms with van der Waals surface area (Å²) in [5.41, 5.74) is 26.4. The smallest absolute Gasteiger partial charge is 0.245 e. The molecule has 0 fully saturated rings. The van der Waals surface area contributed by atoms with Gasteiger partial charge in [-0.2, -0.15) is 0 Å². The Morgan fingerprint density at radius 2 is 1.36 bits per heavy atom. The monoisotopic (exact) mass is 617 g/mol. The van der Waals surface area contributed by atoms with Crippen molar-refractivity contribution in [3.63, 3.8) is 0 Å². The number of nitrogens with two attached hydrogens (primary N) is 5. The second-order valence-electron chi connectivity index (χ2n) is 10.8. The van der Waals surface area contributed by atoms with Crippen LogP contribution in [0.1, 0.15) is 52.0 Å². The van der Waals surface area contributed by atoms with E-state index in [4.69, 9.17) is 28.7 Å². The number of hydrogen-bond acceptors (Lipinski definition) is 7. The van der Waals surface area contributed by atoms with Crippen molar-refractivity contribution in [2.24, 2.45) is 38.7 Å². The third-order valence-corrected chi connectivity index (χ3v) is 6.61. The number of aliphatic imine (C=N–C) groups is 2. The number of nitrogens with zero attached hydrogens (tertiary/aromatic N) is 3. The quantitative estimate of drug-likeness (QED) is 0.0491. The van der Waals surface area contributed by atoms with E-state index in [0.29, 0.717) is 12.8 Å². The minimum absolute atomic E-state index is 0.0985. The predicted molar refractivity (Wildman–Crippen MR) is 167 cm³/mol. The maximum Gasteiger partial charge on any atom is 0.245 e. The van der Waals surface area contributed by atoms with E-state index in [1.54, 1.807) is 12.1 Å². The Balaban J connectivity index is 3.13. The second-order valence-corrected chi connectivity index (χ2v) is 10.8. The van der Waals surface area contributed by atoms with Crippen molar-refractivity contribution in [3.05, 3.63) is 35.9 Å². The minimum atomic E-state index is -1.52. The molecule has 0 aliphatic carbocycles. The molecule has 0 saturated carbocycles. The fourth-order valence-corrected chi connectivity index (χ4v) is 4.23. The second kappa shape index (κ2) is 17.9. The van der Waals surface area contributed by atoms with Crippen LogP contribution in [-0.2, 0) is 30.4 Å². The molecule has 0 heterocycles. The molecule has 3 atom stereocenters. The summed E-state index contributed by atoms with van der Waals surface area (Å²) >= 11 is 0. The fourth-order valence-electron chi connectivity index (χ4n) is 4.23. The Kier molecular flexibility index (Phi) is 15.1. The standard InChI is InChI=1S/C28H47N11O5/c1-17(40)36-19(12-8-14-34-26(30)31)23(42)38-28(2,3)25(44)37-20(13-9-15-35-27(32)33)24(43)39(4)21(22(29)41)16-18-10-6-5-7-11-18/h5-7,10-11,19-21H,8-9,12-16H2,1-4H3,(H2,29,41)(H,36,40)(H,37,44)(H,38,42)(H4,30,31,34)(H4,32,33,35)/t19-,20-,21-/m0/s1. The molecule has 0 aromatic heterocycles. The first kappa shape index (κ1) is 37.1. The SMILES string of the molecule is CC(=O)N[C@@H](CCCN=C(N)N)C(=O)NC(C)(C)C(=O)N[C@@H](CCCN=C(N)N)C(=O)N(C)[C@@H](Cc1ccccc1)C(N)=O. The highest BCUT2D eigenvalue weighted by molar-refractivity contribution is 5.97. The third kappa shape index (κ3) is 13.4. The van der Waals surface area contributed by atoms with Crippen LogP contribution in [0.5, 0.6) is 0 Å². The summed E-state index contributed by atoms with van der Waals surface area (Å²) in [7, 11) is 1.43. The van der Waals surface area contributed by atoms with Crippen LogP contribution >= 0.6 is 0 Å². The van der Waals surface area contributed by atoms with Crippen molar-refractivity contribution >= 4 is 41.5 Å². The lowest BCUT2D eigenvalue weighted by Gasteiger charge is -2.33. The van der Waals surface area contributed by atoms with Gasteiger partial charge in [-0.05, 0) is 45.1 Å². The molecule has 16 nitrogen and oxygen atoms in total. The Hall–Kier alpha value is -4.89. The van der Waals surface area contributed by atoms with Crippen molar-refractivity contribution in [2.75, 3.05) is 20.1 Å². The molecule has 0 aliphatic rings. The van der Waals surface area contributed by atoms with Crippen LogP contribution in [0.25, 0.3) is 0 Å². The first-order valence-corrected chi connectivity index (χ1v) is 14.2. The number of primary amides is 1. The molecule has 1 aromatic carbocycles. The van der Waals surface area contributed by atoms with E-state index in [2.05, 4.69) is 25.9 Å². The number of nitrogens with one attached hydrogen (secondary N) is 3. The summed E-state index contributed by atoms with van der Waals surface area (Å²) in [6.45, 7) is 4.60. The molecule has 44 heavy (non-hydrogen) atoms. The first-order chi connectivity index (χ1) is 20.5. The molecule has 0 unspecified atom stereocenters. The highest BCUT2D eigenvalue weighted by Crippen LogP contribution is 2.13. The lowest BCUT2D eigenvalue weighted by atomic mass is 9.99. The van der Waals surface area contributed by atoms with Crippen LogP contribution in [0, 0.1) is 0 Å². The normalized spacial score (nSPS) is 12.9. The summed E-state index contributed by atoms with van der Waals surface area (Å²) < 4.78 is 0. The zero-order chi connectivity index (χ0) is 33.4. The zero-order valence-corrected chi connectivity index (χ0v) is 25.8. The van der Waals surface area contributed by atoms with Crippen LogP contribution < -0.4 is 44.6 Å². The number of carbonyl (C=O) groups is 5. The molecule has 13 N–H and O–H groups in total. The van der Waals surface area contributed by atoms with E-state index in [-0.39, 0.29) is 44.3 Å². The molecular weight excluding hydrogens is 570 g/mol. The lowest BCUT2D eigenvalue weighted by molar-refractivity contribution is -0.142. The molecule has 16 heteroatoms. The third-order valence-electron chi connectivity index (χ3n) is 6.61. The average Bonchev–Trinajstić information content (AvgIpc) is 2.93. The van der Waals surface area contributed by atoms with Gasteiger partial charge in [0.25, 0.3) is 0 Å². The van der Waals surface area contributed by atoms with Crippen LogP contribution in [-0.4, -0.2) is 90.2 Å². The fraction of sp³-hybridized carbons (Fsp3) is 0.536. The van der Waals surface area contributed by atoms with Crippen LogP contribution in [0.3, 0.4) is 0 Å². The maximum atomic E-state index is 13.7. The number of carbonyl (C=O) groups excluding carboxylic acids is 5. The van der Waals surface area contributed by atoms with Gasteiger partial charge in [0.2, 0.25) is 29.5 Å². The van der Waals surface area contributed by atoms with Crippen LogP contribution in [0.2, 0.25) is 0 Å². The number of likely N-dealkylation sites (N-methyl/N-ethyl adjacent to an activating group) is 1. The minimum Gasteiger partial charge on any atom is -0.370 e. The van der Waals surface area contributed by atoms with Crippen LogP contribution in [0.15, 0.2) is 40.3 Å². The van der Waals surface area contributed by atoms with E-state index in [0.717, 1.165) is 5.56 Å². The van der Waals surface area contributed by atoms with Crippen molar-refractivity contribution < 1.29 is 24.0 Å². The number of rotatable bonds is 18. The molecule has 244 valence electrons. The van der Waals surface area contributed by atoms with Gasteiger partial charge in [-0.25, -0.2) is 0 Å². The first-order valence-electron chi connectivity index (χ1n) is 14.2.